The SMILES string of the molecule is O=C(Nc1cccc(COc2cccc(F)c2)c1)c1ccccc1CSc1ncn[nH]1. The monoisotopic (exact) mass is 434 g/mol. The number of ether oxygens (including phenoxy) is 1. The lowest BCUT2D eigenvalue weighted by Gasteiger charge is -2.11. The second-order valence-corrected chi connectivity index (χ2v) is 7.60. The molecule has 0 radical (unpaired) electrons. The van der Waals surface area contributed by atoms with Crippen LogP contribution in [0, 0.1) is 5.82 Å². The van der Waals surface area contributed by atoms with Crippen LogP contribution in [0.4, 0.5) is 10.1 Å². The molecule has 0 bridgehead atoms. The van der Waals surface area contributed by atoms with Gasteiger partial charge in [0.05, 0.1) is 0 Å². The average molecular weight is 434 g/mol. The van der Waals surface area contributed by atoms with E-state index in [-0.39, 0.29) is 18.3 Å². The van der Waals surface area contributed by atoms with E-state index < -0.39 is 0 Å². The molecule has 6 nitrogen and oxygen atoms in total. The summed E-state index contributed by atoms with van der Waals surface area (Å²) in [5.41, 5.74) is 3.00. The van der Waals surface area contributed by atoms with Crippen molar-refractivity contribution < 1.29 is 13.9 Å². The van der Waals surface area contributed by atoms with E-state index >= 15 is 0 Å². The highest BCUT2D eigenvalue weighted by atomic mass is 32.2. The van der Waals surface area contributed by atoms with Gasteiger partial charge in [-0.15, -0.1) is 0 Å². The Hall–Kier alpha value is -3.65. The Bertz CT molecular complexity index is 1170. The summed E-state index contributed by atoms with van der Waals surface area (Å²) in [5.74, 6) is 0.489. The number of benzene rings is 3. The lowest BCUT2D eigenvalue weighted by Crippen LogP contribution is -2.14. The average Bonchev–Trinajstić information content (AvgIpc) is 3.31. The maximum atomic E-state index is 13.3. The number of H-pyrrole nitrogens is 1. The van der Waals surface area contributed by atoms with Gasteiger partial charge in [0.25, 0.3) is 5.91 Å². The van der Waals surface area contributed by atoms with E-state index in [1.165, 1.54) is 30.2 Å². The van der Waals surface area contributed by atoms with Gasteiger partial charge in [-0.2, -0.15) is 5.10 Å². The highest BCUT2D eigenvalue weighted by molar-refractivity contribution is 7.98. The number of amides is 1. The largest absolute Gasteiger partial charge is 0.489 e. The van der Waals surface area contributed by atoms with Gasteiger partial charge >= 0.3 is 0 Å². The summed E-state index contributed by atoms with van der Waals surface area (Å²) in [6.45, 7) is 0.261. The molecule has 0 atom stereocenters. The van der Waals surface area contributed by atoms with Crippen LogP contribution in [-0.2, 0) is 12.4 Å². The van der Waals surface area contributed by atoms with E-state index in [0.29, 0.717) is 27.9 Å². The van der Waals surface area contributed by atoms with Crippen LogP contribution in [0.1, 0.15) is 21.5 Å². The molecule has 1 heterocycles. The quantitative estimate of drug-likeness (QED) is 0.379. The molecule has 0 aliphatic rings. The Morgan fingerprint density at radius 1 is 1.06 bits per heavy atom. The second kappa shape index (κ2) is 9.90. The van der Waals surface area contributed by atoms with Crippen molar-refractivity contribution in [1.29, 1.82) is 0 Å². The molecule has 8 heteroatoms. The molecule has 31 heavy (non-hydrogen) atoms. The topological polar surface area (TPSA) is 79.9 Å². The third-order valence-corrected chi connectivity index (χ3v) is 5.33. The zero-order valence-corrected chi connectivity index (χ0v) is 17.2. The number of aromatic nitrogens is 3. The number of hydrogen-bond donors (Lipinski definition) is 2. The Labute approximate surface area is 182 Å². The molecule has 0 unspecified atom stereocenters. The maximum Gasteiger partial charge on any atom is 0.255 e. The lowest BCUT2D eigenvalue weighted by atomic mass is 10.1. The summed E-state index contributed by atoms with van der Waals surface area (Å²) >= 11 is 1.47. The van der Waals surface area contributed by atoms with Gasteiger partial charge in [0.2, 0.25) is 0 Å². The zero-order chi connectivity index (χ0) is 21.5. The lowest BCUT2D eigenvalue weighted by molar-refractivity contribution is 0.102. The minimum absolute atomic E-state index is 0.197. The zero-order valence-electron chi connectivity index (χ0n) is 16.4. The van der Waals surface area contributed by atoms with Crippen LogP contribution in [0.3, 0.4) is 0 Å². The third kappa shape index (κ3) is 5.70. The number of carbonyl (C=O) groups is 1. The fourth-order valence-corrected chi connectivity index (χ4v) is 3.72. The van der Waals surface area contributed by atoms with E-state index in [1.807, 2.05) is 42.5 Å². The molecule has 0 saturated heterocycles. The number of nitrogens with one attached hydrogen (secondary N) is 2. The normalized spacial score (nSPS) is 10.6. The fraction of sp³-hybridized carbons (Fsp3) is 0.0870. The first-order chi connectivity index (χ1) is 15.2. The predicted molar refractivity (Wildman–Crippen MR) is 118 cm³/mol. The number of nitrogens with zero attached hydrogens (tertiary/aromatic N) is 2. The highest BCUT2D eigenvalue weighted by Crippen LogP contribution is 2.22. The van der Waals surface area contributed by atoms with E-state index in [0.717, 1.165) is 11.1 Å². The van der Waals surface area contributed by atoms with Crippen molar-refractivity contribution in [2.24, 2.45) is 0 Å². The molecule has 4 aromatic rings. The summed E-state index contributed by atoms with van der Waals surface area (Å²) in [7, 11) is 0. The summed E-state index contributed by atoms with van der Waals surface area (Å²) in [5, 5.41) is 10.3. The minimum Gasteiger partial charge on any atom is -0.489 e. The van der Waals surface area contributed by atoms with Crippen LogP contribution in [0.25, 0.3) is 0 Å². The van der Waals surface area contributed by atoms with E-state index in [1.54, 1.807) is 18.2 Å². The van der Waals surface area contributed by atoms with Crippen LogP contribution in [-0.4, -0.2) is 21.1 Å². The minimum atomic E-state index is -0.348. The summed E-state index contributed by atoms with van der Waals surface area (Å²) in [6, 6.07) is 20.8. The van der Waals surface area contributed by atoms with Crippen molar-refractivity contribution in [3.63, 3.8) is 0 Å². The predicted octanol–water partition coefficient (Wildman–Crippen LogP) is 5.07. The summed E-state index contributed by atoms with van der Waals surface area (Å²) < 4.78 is 18.9. The number of anilines is 1. The number of aromatic amines is 1. The third-order valence-electron chi connectivity index (χ3n) is 4.41. The van der Waals surface area contributed by atoms with Gasteiger partial charge in [-0.3, -0.25) is 9.89 Å². The van der Waals surface area contributed by atoms with E-state index in [4.69, 9.17) is 4.74 Å². The molecule has 4 rings (SSSR count). The van der Waals surface area contributed by atoms with Crippen LogP contribution < -0.4 is 10.1 Å². The molecule has 0 aliphatic carbocycles. The highest BCUT2D eigenvalue weighted by Gasteiger charge is 2.12. The molecule has 0 spiro atoms. The first kappa shape index (κ1) is 20.6. The van der Waals surface area contributed by atoms with Gasteiger partial charge in [0.1, 0.15) is 24.5 Å². The molecule has 2 N–H and O–H groups in total. The Kier molecular flexibility index (Phi) is 6.59. The molecule has 156 valence electrons. The van der Waals surface area contributed by atoms with E-state index in [9.17, 15) is 9.18 Å². The van der Waals surface area contributed by atoms with E-state index in [2.05, 4.69) is 20.5 Å². The summed E-state index contributed by atoms with van der Waals surface area (Å²) in [6.07, 6.45) is 1.45. The van der Waals surface area contributed by atoms with Crippen LogP contribution in [0.5, 0.6) is 5.75 Å². The number of hydrogen-bond acceptors (Lipinski definition) is 5. The van der Waals surface area contributed by atoms with Crippen LogP contribution in [0.15, 0.2) is 84.3 Å². The van der Waals surface area contributed by atoms with Gasteiger partial charge in [0.15, 0.2) is 5.16 Å². The number of thioether (sulfide) groups is 1. The first-order valence-electron chi connectivity index (χ1n) is 9.52. The van der Waals surface area contributed by atoms with Crippen molar-refractivity contribution in [2.45, 2.75) is 17.5 Å². The van der Waals surface area contributed by atoms with Gasteiger partial charge in [-0.1, -0.05) is 48.2 Å². The fourth-order valence-electron chi connectivity index (χ4n) is 2.94. The van der Waals surface area contributed by atoms with Crippen molar-refractivity contribution in [3.05, 3.63) is 102 Å². The standard InChI is InChI=1S/C23H19FN4O2S/c24-18-7-4-9-20(12-18)30-13-16-5-3-8-19(11-16)27-22(29)21-10-2-1-6-17(21)14-31-23-25-15-26-28-23/h1-12,15H,13-14H2,(H,27,29)(H,25,26,28). The molecular formula is C23H19FN4O2S. The first-order valence-corrected chi connectivity index (χ1v) is 10.5. The summed E-state index contributed by atoms with van der Waals surface area (Å²) in [4.78, 5) is 17.0. The molecule has 1 amide bonds. The number of rotatable bonds is 8. The number of halogens is 1. The second-order valence-electron chi connectivity index (χ2n) is 6.64. The van der Waals surface area contributed by atoms with Gasteiger partial charge < -0.3 is 10.1 Å². The smallest absolute Gasteiger partial charge is 0.255 e. The van der Waals surface area contributed by atoms with Crippen molar-refractivity contribution in [1.82, 2.24) is 15.2 Å². The molecule has 0 saturated carbocycles. The molecular weight excluding hydrogens is 415 g/mol. The molecule has 0 aliphatic heterocycles. The van der Waals surface area contributed by atoms with Crippen molar-refractivity contribution in [2.75, 3.05) is 5.32 Å². The Morgan fingerprint density at radius 2 is 1.94 bits per heavy atom. The van der Waals surface area contributed by atoms with Gasteiger partial charge in [0, 0.05) is 23.1 Å². The van der Waals surface area contributed by atoms with Crippen LogP contribution in [0.2, 0.25) is 0 Å². The number of carbonyl (C=O) groups excluding carboxylic acids is 1. The molecule has 1 aromatic heterocycles. The Balaban J connectivity index is 1.41. The molecule has 3 aromatic carbocycles. The van der Waals surface area contributed by atoms with Gasteiger partial charge in [-0.25, -0.2) is 9.37 Å². The van der Waals surface area contributed by atoms with Crippen molar-refractivity contribution >= 4 is 23.4 Å². The Morgan fingerprint density at radius 3 is 2.77 bits per heavy atom. The van der Waals surface area contributed by atoms with Crippen LogP contribution >= 0.6 is 11.8 Å². The maximum absolute atomic E-state index is 13.3. The molecule has 0 fully saturated rings. The van der Waals surface area contributed by atoms with Gasteiger partial charge in [-0.05, 0) is 41.5 Å². The van der Waals surface area contributed by atoms with Crippen molar-refractivity contribution in [3.8, 4) is 5.75 Å².